The Morgan fingerprint density at radius 3 is 1.75 bits per heavy atom. The molecule has 122 valence electrons. The van der Waals surface area contributed by atoms with E-state index >= 15 is 0 Å². The first kappa shape index (κ1) is 19.9. The zero-order chi connectivity index (χ0) is 15.4. The summed E-state index contributed by atoms with van der Waals surface area (Å²) in [5.41, 5.74) is 0. The molecule has 5 heteroatoms. The lowest BCUT2D eigenvalue weighted by atomic mass is 10.0. The van der Waals surface area contributed by atoms with Crippen LogP contribution in [0.5, 0.6) is 0 Å². The highest BCUT2D eigenvalue weighted by Gasteiger charge is 2.29. The molecule has 0 aromatic heterocycles. The van der Waals surface area contributed by atoms with Gasteiger partial charge in [0.25, 0.3) is 10.1 Å². The second kappa shape index (κ2) is 11.5. The number of rotatable bonds is 13. The van der Waals surface area contributed by atoms with Gasteiger partial charge in [0, 0.05) is 0 Å². The molecule has 0 spiro atoms. The Balaban J connectivity index is 3.87. The van der Waals surface area contributed by atoms with Crippen LogP contribution < -0.4 is 0 Å². The summed E-state index contributed by atoms with van der Waals surface area (Å²) in [5, 5.41) is 8.79. The topological polar surface area (TPSA) is 74.6 Å². The average molecular weight is 308 g/mol. The lowest BCUT2D eigenvalue weighted by Gasteiger charge is -2.19. The van der Waals surface area contributed by atoms with Gasteiger partial charge in [-0.25, -0.2) is 0 Å². The van der Waals surface area contributed by atoms with Crippen molar-refractivity contribution >= 4 is 10.1 Å². The molecular formula is C15H32O4S. The van der Waals surface area contributed by atoms with Gasteiger partial charge in [0.2, 0.25) is 0 Å². The zero-order valence-corrected chi connectivity index (χ0v) is 13.9. The molecule has 2 N–H and O–H groups in total. The van der Waals surface area contributed by atoms with Crippen molar-refractivity contribution in [1.82, 2.24) is 0 Å². The second-order valence-corrected chi connectivity index (χ2v) is 7.31. The van der Waals surface area contributed by atoms with E-state index in [9.17, 15) is 18.1 Å². The van der Waals surface area contributed by atoms with Crippen molar-refractivity contribution in [3.05, 3.63) is 0 Å². The summed E-state index contributed by atoms with van der Waals surface area (Å²) in [4.78, 5) is 0. The van der Waals surface area contributed by atoms with Crippen LogP contribution in [0.25, 0.3) is 0 Å². The molecule has 0 fully saturated rings. The lowest BCUT2D eigenvalue weighted by Crippen LogP contribution is -2.33. The Hall–Kier alpha value is -0.130. The van der Waals surface area contributed by atoms with Gasteiger partial charge in [0.15, 0.2) is 0 Å². The number of aliphatic hydroxyl groups excluding tert-OH is 1. The quantitative estimate of drug-likeness (QED) is 0.399. The Morgan fingerprint density at radius 2 is 1.30 bits per heavy atom. The van der Waals surface area contributed by atoms with Crippen LogP contribution in [0.3, 0.4) is 0 Å². The Kier molecular flexibility index (Phi) is 11.4. The second-order valence-electron chi connectivity index (χ2n) is 5.67. The van der Waals surface area contributed by atoms with Gasteiger partial charge in [-0.1, -0.05) is 71.6 Å². The fraction of sp³-hybridized carbons (Fsp3) is 1.00. The summed E-state index contributed by atoms with van der Waals surface area (Å²) in [6.07, 6.45) is 9.60. The minimum Gasteiger partial charge on any atom is -0.392 e. The van der Waals surface area contributed by atoms with Crippen molar-refractivity contribution in [2.45, 2.75) is 95.8 Å². The standard InChI is InChI=1S/C15H32O4S/c1-3-5-6-7-8-9-10-11-13-15(20(17,18)19)14(16)12-4-2/h14-16H,3-13H2,1-2H3,(H,17,18,19). The molecule has 0 aliphatic rings. The maximum absolute atomic E-state index is 11.3. The van der Waals surface area contributed by atoms with Crippen LogP contribution in [-0.2, 0) is 10.1 Å². The normalized spacial score (nSPS) is 15.2. The van der Waals surface area contributed by atoms with E-state index in [1.165, 1.54) is 32.1 Å². The van der Waals surface area contributed by atoms with Gasteiger partial charge < -0.3 is 5.11 Å². The molecule has 0 rings (SSSR count). The Bertz CT molecular complexity index is 314. The van der Waals surface area contributed by atoms with Crippen LogP contribution >= 0.6 is 0 Å². The van der Waals surface area contributed by atoms with Crippen molar-refractivity contribution < 1.29 is 18.1 Å². The van der Waals surface area contributed by atoms with Gasteiger partial charge in [-0.2, -0.15) is 8.42 Å². The van der Waals surface area contributed by atoms with E-state index in [1.807, 2.05) is 6.92 Å². The first-order valence-corrected chi connectivity index (χ1v) is 9.58. The summed E-state index contributed by atoms with van der Waals surface area (Å²) >= 11 is 0. The molecule has 0 saturated heterocycles. The maximum Gasteiger partial charge on any atom is 0.270 e. The predicted octanol–water partition coefficient (Wildman–Crippen LogP) is 3.93. The molecule has 0 saturated carbocycles. The molecule has 20 heavy (non-hydrogen) atoms. The summed E-state index contributed by atoms with van der Waals surface area (Å²) in [6.45, 7) is 4.08. The first-order valence-electron chi connectivity index (χ1n) is 8.07. The summed E-state index contributed by atoms with van der Waals surface area (Å²) in [5.74, 6) is 0. The number of unbranched alkanes of at least 4 members (excludes halogenated alkanes) is 7. The van der Waals surface area contributed by atoms with E-state index in [0.717, 1.165) is 19.3 Å². The van der Waals surface area contributed by atoms with E-state index in [1.54, 1.807) is 0 Å². The van der Waals surface area contributed by atoms with E-state index in [0.29, 0.717) is 19.3 Å². The van der Waals surface area contributed by atoms with Crippen molar-refractivity contribution in [2.75, 3.05) is 0 Å². The third-order valence-corrected chi connectivity index (χ3v) is 5.05. The highest BCUT2D eigenvalue weighted by Crippen LogP contribution is 2.18. The molecular weight excluding hydrogens is 276 g/mol. The molecule has 2 atom stereocenters. The van der Waals surface area contributed by atoms with Crippen LogP contribution in [0, 0.1) is 0 Å². The molecule has 0 radical (unpaired) electrons. The van der Waals surface area contributed by atoms with Crippen LogP contribution in [0.2, 0.25) is 0 Å². The first-order chi connectivity index (χ1) is 9.43. The van der Waals surface area contributed by atoms with Gasteiger partial charge in [0.1, 0.15) is 5.25 Å². The number of aliphatic hydroxyl groups is 1. The highest BCUT2D eigenvalue weighted by molar-refractivity contribution is 7.86. The lowest BCUT2D eigenvalue weighted by molar-refractivity contribution is 0.149. The Morgan fingerprint density at radius 1 is 0.800 bits per heavy atom. The van der Waals surface area contributed by atoms with Gasteiger partial charge in [-0.15, -0.1) is 0 Å². The van der Waals surface area contributed by atoms with Gasteiger partial charge >= 0.3 is 0 Å². The van der Waals surface area contributed by atoms with Gasteiger partial charge in [-0.3, -0.25) is 4.55 Å². The van der Waals surface area contributed by atoms with Crippen LogP contribution in [0.15, 0.2) is 0 Å². The van der Waals surface area contributed by atoms with E-state index in [4.69, 9.17) is 0 Å². The van der Waals surface area contributed by atoms with Crippen LogP contribution in [0.1, 0.15) is 84.5 Å². The molecule has 0 amide bonds. The summed E-state index contributed by atoms with van der Waals surface area (Å²) in [6, 6.07) is 0. The highest BCUT2D eigenvalue weighted by atomic mass is 32.2. The molecule has 4 nitrogen and oxygen atoms in total. The number of hydrogen-bond donors (Lipinski definition) is 2. The summed E-state index contributed by atoms with van der Waals surface area (Å²) < 4.78 is 31.7. The van der Waals surface area contributed by atoms with Crippen molar-refractivity contribution in [3.8, 4) is 0 Å². The third-order valence-electron chi connectivity index (χ3n) is 3.74. The molecule has 0 aliphatic carbocycles. The largest absolute Gasteiger partial charge is 0.392 e. The summed E-state index contributed by atoms with van der Waals surface area (Å²) in [7, 11) is -4.14. The SMILES string of the molecule is CCCCCCCCCCC(C(O)CCC)S(=O)(=O)O. The molecule has 0 aliphatic heterocycles. The fourth-order valence-electron chi connectivity index (χ4n) is 2.50. The van der Waals surface area contributed by atoms with Crippen LogP contribution in [0.4, 0.5) is 0 Å². The van der Waals surface area contributed by atoms with Crippen molar-refractivity contribution in [2.24, 2.45) is 0 Å². The fourth-order valence-corrected chi connectivity index (χ4v) is 3.50. The van der Waals surface area contributed by atoms with E-state index in [2.05, 4.69) is 6.92 Å². The molecule has 2 unspecified atom stereocenters. The number of hydrogen-bond acceptors (Lipinski definition) is 3. The van der Waals surface area contributed by atoms with E-state index in [-0.39, 0.29) is 0 Å². The third kappa shape index (κ3) is 9.72. The van der Waals surface area contributed by atoms with Crippen molar-refractivity contribution in [1.29, 1.82) is 0 Å². The minimum absolute atomic E-state index is 0.356. The maximum atomic E-state index is 11.3. The minimum atomic E-state index is -4.14. The van der Waals surface area contributed by atoms with Gasteiger partial charge in [-0.05, 0) is 12.8 Å². The van der Waals surface area contributed by atoms with Gasteiger partial charge in [0.05, 0.1) is 6.10 Å². The van der Waals surface area contributed by atoms with E-state index < -0.39 is 21.5 Å². The monoisotopic (exact) mass is 308 g/mol. The average Bonchev–Trinajstić information content (AvgIpc) is 2.35. The zero-order valence-electron chi connectivity index (χ0n) is 13.1. The predicted molar refractivity (Wildman–Crippen MR) is 83.5 cm³/mol. The molecule has 0 aromatic rings. The smallest absolute Gasteiger partial charge is 0.270 e. The Labute approximate surface area is 124 Å². The molecule has 0 aromatic carbocycles. The van der Waals surface area contributed by atoms with Crippen LogP contribution in [-0.4, -0.2) is 29.4 Å². The van der Waals surface area contributed by atoms with Crippen molar-refractivity contribution in [3.63, 3.8) is 0 Å². The molecule has 0 bridgehead atoms. The molecule has 0 heterocycles.